The van der Waals surface area contributed by atoms with E-state index in [-0.39, 0.29) is 10.8 Å². The van der Waals surface area contributed by atoms with Gasteiger partial charge in [-0.3, -0.25) is 0 Å². The van der Waals surface area contributed by atoms with E-state index in [9.17, 15) is 4.79 Å². The number of carboxylic acid groups (broad SMARTS) is 1. The third kappa shape index (κ3) is 2.60. The van der Waals surface area contributed by atoms with Crippen LogP contribution in [-0.4, -0.2) is 23.2 Å². The van der Waals surface area contributed by atoms with Gasteiger partial charge in [0.1, 0.15) is 5.75 Å². The van der Waals surface area contributed by atoms with Gasteiger partial charge < -0.3 is 15.6 Å². The number of carbonyl (C=O) groups is 1. The second-order valence-electron chi connectivity index (χ2n) is 3.65. The van der Waals surface area contributed by atoms with Crippen molar-refractivity contribution in [3.05, 3.63) is 40.4 Å². The van der Waals surface area contributed by atoms with Crippen molar-refractivity contribution in [2.75, 3.05) is 12.8 Å². The van der Waals surface area contributed by atoms with E-state index in [1.165, 1.54) is 11.3 Å². The Kier molecular flexibility index (Phi) is 3.47. The van der Waals surface area contributed by atoms with Crippen molar-refractivity contribution in [2.24, 2.45) is 0 Å². The zero-order chi connectivity index (χ0) is 13.1. The van der Waals surface area contributed by atoms with Crippen molar-refractivity contribution in [1.82, 2.24) is 4.98 Å². The fourth-order valence-electron chi connectivity index (χ4n) is 1.59. The normalized spacial score (nSPS) is 10.3. The molecule has 0 saturated heterocycles. The number of methoxy groups -OCH3 is 1. The van der Waals surface area contributed by atoms with Gasteiger partial charge in [0.15, 0.2) is 10.8 Å². The van der Waals surface area contributed by atoms with Crippen molar-refractivity contribution >= 4 is 22.4 Å². The SMILES string of the molecule is COc1ccc(Cc2sc(N)nc2C(=O)O)cc1. The molecule has 0 aliphatic carbocycles. The second kappa shape index (κ2) is 5.05. The number of thiazole rings is 1. The van der Waals surface area contributed by atoms with E-state index >= 15 is 0 Å². The molecule has 5 nitrogen and oxygen atoms in total. The van der Waals surface area contributed by atoms with Gasteiger partial charge >= 0.3 is 5.97 Å². The highest BCUT2D eigenvalue weighted by Gasteiger charge is 2.16. The number of aromatic nitrogens is 1. The first-order valence-corrected chi connectivity index (χ1v) is 6.03. The Labute approximate surface area is 108 Å². The summed E-state index contributed by atoms with van der Waals surface area (Å²) >= 11 is 1.20. The van der Waals surface area contributed by atoms with E-state index in [0.717, 1.165) is 11.3 Å². The number of carboxylic acids is 1. The molecule has 0 saturated carbocycles. The van der Waals surface area contributed by atoms with Crippen molar-refractivity contribution in [2.45, 2.75) is 6.42 Å². The molecule has 2 rings (SSSR count). The summed E-state index contributed by atoms with van der Waals surface area (Å²) in [5.74, 6) is -0.285. The largest absolute Gasteiger partial charge is 0.497 e. The number of nitrogens with zero attached hydrogens (tertiary/aromatic N) is 1. The Morgan fingerprint density at radius 1 is 1.44 bits per heavy atom. The average molecular weight is 264 g/mol. The maximum absolute atomic E-state index is 11.0. The lowest BCUT2D eigenvalue weighted by atomic mass is 10.1. The molecule has 3 N–H and O–H groups in total. The molecule has 0 aliphatic rings. The van der Waals surface area contributed by atoms with Crippen LogP contribution in [0.4, 0.5) is 5.13 Å². The summed E-state index contributed by atoms with van der Waals surface area (Å²) < 4.78 is 5.06. The number of hydrogen-bond donors (Lipinski definition) is 2. The minimum absolute atomic E-state index is 0.0355. The lowest BCUT2D eigenvalue weighted by Crippen LogP contribution is -2.01. The van der Waals surface area contributed by atoms with Gasteiger partial charge in [-0.15, -0.1) is 11.3 Å². The third-order valence-corrected chi connectivity index (χ3v) is 3.32. The van der Waals surface area contributed by atoms with Gasteiger partial charge in [0, 0.05) is 11.3 Å². The summed E-state index contributed by atoms with van der Waals surface area (Å²) in [4.78, 5) is 15.5. The molecular formula is C12H12N2O3S. The van der Waals surface area contributed by atoms with Crippen molar-refractivity contribution in [1.29, 1.82) is 0 Å². The molecule has 0 fully saturated rings. The minimum atomic E-state index is -1.05. The Morgan fingerprint density at radius 3 is 2.67 bits per heavy atom. The smallest absolute Gasteiger partial charge is 0.355 e. The van der Waals surface area contributed by atoms with Gasteiger partial charge in [-0.2, -0.15) is 0 Å². The highest BCUT2D eigenvalue weighted by Crippen LogP contribution is 2.24. The Hall–Kier alpha value is -2.08. The van der Waals surface area contributed by atoms with Crippen LogP contribution in [0.25, 0.3) is 0 Å². The lowest BCUT2D eigenvalue weighted by Gasteiger charge is -2.02. The first-order chi connectivity index (χ1) is 8.60. The molecule has 94 valence electrons. The van der Waals surface area contributed by atoms with Crippen molar-refractivity contribution in [3.8, 4) is 5.75 Å². The standard InChI is InChI=1S/C12H12N2O3S/c1-17-8-4-2-7(3-5-8)6-9-10(11(15)16)14-12(13)18-9/h2-5H,6H2,1H3,(H2,13,14)(H,15,16). The molecule has 0 aliphatic heterocycles. The monoisotopic (exact) mass is 264 g/mol. The van der Waals surface area contributed by atoms with Gasteiger partial charge in [-0.25, -0.2) is 9.78 Å². The molecule has 18 heavy (non-hydrogen) atoms. The Balaban J connectivity index is 2.25. The first kappa shape index (κ1) is 12.4. The summed E-state index contributed by atoms with van der Waals surface area (Å²) in [5, 5.41) is 9.28. The summed E-state index contributed by atoms with van der Waals surface area (Å²) in [6, 6.07) is 7.45. The number of anilines is 1. The Morgan fingerprint density at radius 2 is 2.11 bits per heavy atom. The number of rotatable bonds is 4. The summed E-state index contributed by atoms with van der Waals surface area (Å²) in [7, 11) is 1.60. The molecule has 0 bridgehead atoms. The zero-order valence-corrected chi connectivity index (χ0v) is 10.5. The quantitative estimate of drug-likeness (QED) is 0.882. The van der Waals surface area contributed by atoms with Crippen LogP contribution in [-0.2, 0) is 6.42 Å². The summed E-state index contributed by atoms with van der Waals surface area (Å²) in [5.41, 5.74) is 6.56. The average Bonchev–Trinajstić information content (AvgIpc) is 2.71. The van der Waals surface area contributed by atoms with Crippen LogP contribution in [0.15, 0.2) is 24.3 Å². The van der Waals surface area contributed by atoms with E-state index in [1.807, 2.05) is 24.3 Å². The van der Waals surface area contributed by atoms with Crippen LogP contribution in [0.1, 0.15) is 20.9 Å². The highest BCUT2D eigenvalue weighted by molar-refractivity contribution is 7.15. The fourth-order valence-corrected chi connectivity index (χ4v) is 2.44. The summed E-state index contributed by atoms with van der Waals surface area (Å²) in [6.45, 7) is 0. The number of hydrogen-bond acceptors (Lipinski definition) is 5. The van der Waals surface area contributed by atoms with Gasteiger partial charge in [0.2, 0.25) is 0 Å². The van der Waals surface area contributed by atoms with Crippen molar-refractivity contribution < 1.29 is 14.6 Å². The molecule has 2 aromatic rings. The van der Waals surface area contributed by atoms with Crippen LogP contribution in [0.5, 0.6) is 5.75 Å². The molecule has 0 radical (unpaired) electrons. The fraction of sp³-hybridized carbons (Fsp3) is 0.167. The van der Waals surface area contributed by atoms with E-state index < -0.39 is 5.97 Å². The molecule has 1 aromatic heterocycles. The molecule has 6 heteroatoms. The van der Waals surface area contributed by atoms with Gasteiger partial charge in [0.05, 0.1) is 7.11 Å². The number of benzene rings is 1. The van der Waals surface area contributed by atoms with Crippen LogP contribution in [0.3, 0.4) is 0 Å². The van der Waals surface area contributed by atoms with Crippen LogP contribution in [0.2, 0.25) is 0 Å². The van der Waals surface area contributed by atoms with Gasteiger partial charge in [0.25, 0.3) is 0 Å². The van der Waals surface area contributed by atoms with E-state index in [4.69, 9.17) is 15.6 Å². The number of nitrogen functional groups attached to an aromatic ring is 1. The van der Waals surface area contributed by atoms with E-state index in [0.29, 0.717) is 11.3 Å². The Bertz CT molecular complexity index is 563. The molecule has 0 spiro atoms. The summed E-state index contributed by atoms with van der Waals surface area (Å²) in [6.07, 6.45) is 0.500. The number of aromatic carboxylic acids is 1. The maximum Gasteiger partial charge on any atom is 0.355 e. The predicted octanol–water partition coefficient (Wildman–Crippen LogP) is 2.02. The van der Waals surface area contributed by atoms with Gasteiger partial charge in [-0.1, -0.05) is 12.1 Å². The predicted molar refractivity (Wildman–Crippen MR) is 69.3 cm³/mol. The minimum Gasteiger partial charge on any atom is -0.497 e. The van der Waals surface area contributed by atoms with Crippen molar-refractivity contribution in [3.63, 3.8) is 0 Å². The van der Waals surface area contributed by atoms with Crippen LogP contribution < -0.4 is 10.5 Å². The molecule has 1 aromatic carbocycles. The van der Waals surface area contributed by atoms with E-state index in [1.54, 1.807) is 7.11 Å². The molecule has 1 heterocycles. The van der Waals surface area contributed by atoms with Crippen LogP contribution in [0, 0.1) is 0 Å². The third-order valence-electron chi connectivity index (χ3n) is 2.44. The van der Waals surface area contributed by atoms with Gasteiger partial charge in [-0.05, 0) is 17.7 Å². The number of nitrogens with two attached hydrogens (primary N) is 1. The van der Waals surface area contributed by atoms with Crippen LogP contribution >= 0.6 is 11.3 Å². The molecule has 0 atom stereocenters. The molecule has 0 unspecified atom stereocenters. The topological polar surface area (TPSA) is 85.4 Å². The first-order valence-electron chi connectivity index (χ1n) is 5.21. The number of ether oxygens (including phenoxy) is 1. The lowest BCUT2D eigenvalue weighted by molar-refractivity contribution is 0.0690. The zero-order valence-electron chi connectivity index (χ0n) is 9.71. The maximum atomic E-state index is 11.0. The second-order valence-corrected chi connectivity index (χ2v) is 4.77. The van der Waals surface area contributed by atoms with E-state index in [2.05, 4.69) is 4.98 Å². The molecule has 0 amide bonds. The molecular weight excluding hydrogens is 252 g/mol. The highest BCUT2D eigenvalue weighted by atomic mass is 32.1.